The molecule has 2 aromatic carbocycles. The summed E-state index contributed by atoms with van der Waals surface area (Å²) in [4.78, 5) is 24.5. The zero-order valence-electron chi connectivity index (χ0n) is 13.2. The topological polar surface area (TPSA) is 75.3 Å². The minimum atomic E-state index is -1.18. The first-order chi connectivity index (χ1) is 11.4. The van der Waals surface area contributed by atoms with Gasteiger partial charge in [0, 0.05) is 27.6 Å². The van der Waals surface area contributed by atoms with Crippen LogP contribution in [0.2, 0.25) is 0 Å². The Morgan fingerprint density at radius 3 is 2.38 bits per heavy atom. The van der Waals surface area contributed by atoms with Crippen molar-refractivity contribution in [3.63, 3.8) is 0 Å². The molecule has 0 heterocycles. The van der Waals surface area contributed by atoms with Crippen LogP contribution < -0.4 is 10.6 Å². The van der Waals surface area contributed by atoms with Crippen LogP contribution in [0.4, 0.5) is 10.1 Å². The number of rotatable bonds is 4. The fraction of sp³-hybridized carbons (Fsp3) is 0.176. The van der Waals surface area contributed by atoms with Gasteiger partial charge in [0.05, 0.1) is 6.04 Å². The molecule has 0 radical (unpaired) electrons. The van der Waals surface area contributed by atoms with Crippen LogP contribution in [-0.4, -0.2) is 22.3 Å². The van der Waals surface area contributed by atoms with Gasteiger partial charge in [0.2, 0.25) is 0 Å². The lowest BCUT2D eigenvalue weighted by Crippen LogP contribution is -2.36. The van der Waals surface area contributed by atoms with Gasteiger partial charge < -0.3 is 10.6 Å². The summed E-state index contributed by atoms with van der Waals surface area (Å²) in [6.45, 7) is 1.69. The molecular formula is C17H17FN2O3S. The third kappa shape index (κ3) is 4.73. The fourth-order valence-electron chi connectivity index (χ4n) is 2.04. The second-order valence-corrected chi connectivity index (χ2v) is 6.56. The van der Waals surface area contributed by atoms with Crippen molar-refractivity contribution in [1.29, 1.82) is 0 Å². The Bertz CT molecular complexity index is 778. The van der Waals surface area contributed by atoms with Gasteiger partial charge in [-0.25, -0.2) is 4.39 Å². The molecule has 7 heteroatoms. The van der Waals surface area contributed by atoms with Crippen molar-refractivity contribution < 1.29 is 18.2 Å². The molecule has 126 valence electrons. The third-order valence-electron chi connectivity index (χ3n) is 3.35. The van der Waals surface area contributed by atoms with E-state index in [9.17, 15) is 18.2 Å². The van der Waals surface area contributed by atoms with Crippen LogP contribution in [0.1, 0.15) is 18.5 Å². The molecule has 5 nitrogen and oxygen atoms in total. The molecule has 2 aromatic rings. The normalized spacial score (nSPS) is 13.0. The van der Waals surface area contributed by atoms with Crippen LogP contribution in [0.15, 0.2) is 53.4 Å². The molecule has 0 aromatic heterocycles. The summed E-state index contributed by atoms with van der Waals surface area (Å²) in [5.41, 5.74) is 1.07. The average Bonchev–Trinajstić information content (AvgIpc) is 2.55. The van der Waals surface area contributed by atoms with E-state index >= 15 is 0 Å². The maximum absolute atomic E-state index is 12.9. The van der Waals surface area contributed by atoms with Crippen molar-refractivity contribution in [3.8, 4) is 0 Å². The highest BCUT2D eigenvalue weighted by Gasteiger charge is 2.17. The van der Waals surface area contributed by atoms with Gasteiger partial charge in [-0.3, -0.25) is 13.8 Å². The quantitative estimate of drug-likeness (QED) is 0.833. The molecule has 2 rings (SSSR count). The van der Waals surface area contributed by atoms with E-state index < -0.39 is 28.7 Å². The van der Waals surface area contributed by atoms with Crippen LogP contribution in [0, 0.1) is 5.82 Å². The number of amides is 2. The van der Waals surface area contributed by atoms with Gasteiger partial charge in [-0.2, -0.15) is 0 Å². The van der Waals surface area contributed by atoms with Crippen molar-refractivity contribution in [2.75, 3.05) is 11.6 Å². The molecule has 0 saturated heterocycles. The lowest BCUT2D eigenvalue weighted by Gasteiger charge is -2.14. The molecule has 0 saturated carbocycles. The Morgan fingerprint density at radius 1 is 1.08 bits per heavy atom. The Hall–Kier alpha value is -2.54. The molecule has 0 fully saturated rings. The summed E-state index contributed by atoms with van der Waals surface area (Å²) in [6, 6.07) is 11.7. The molecule has 2 amide bonds. The lowest BCUT2D eigenvalue weighted by atomic mass is 10.1. The maximum atomic E-state index is 12.9. The van der Waals surface area contributed by atoms with E-state index in [0.29, 0.717) is 16.1 Å². The van der Waals surface area contributed by atoms with E-state index in [2.05, 4.69) is 10.6 Å². The van der Waals surface area contributed by atoms with Gasteiger partial charge in [0.15, 0.2) is 0 Å². The number of hydrogen-bond donors (Lipinski definition) is 2. The highest BCUT2D eigenvalue weighted by molar-refractivity contribution is 7.84. The molecule has 0 aliphatic rings. The number of carbonyl (C=O) groups excluding carboxylic acids is 2. The second kappa shape index (κ2) is 7.83. The SMILES string of the molecule is C[C@@H](NC(=O)C(=O)Nc1cccc([S@](C)=O)c1)c1ccc(F)cc1. The first-order valence-corrected chi connectivity index (χ1v) is 8.73. The predicted molar refractivity (Wildman–Crippen MR) is 90.4 cm³/mol. The number of carbonyl (C=O) groups is 2. The minimum Gasteiger partial charge on any atom is -0.341 e. The zero-order valence-corrected chi connectivity index (χ0v) is 14.0. The van der Waals surface area contributed by atoms with Crippen LogP contribution in [-0.2, 0) is 20.4 Å². The maximum Gasteiger partial charge on any atom is 0.313 e. The van der Waals surface area contributed by atoms with Gasteiger partial charge >= 0.3 is 11.8 Å². The van der Waals surface area contributed by atoms with Crippen LogP contribution in [0.5, 0.6) is 0 Å². The Balaban J connectivity index is 1.99. The van der Waals surface area contributed by atoms with Gasteiger partial charge in [-0.15, -0.1) is 0 Å². The van der Waals surface area contributed by atoms with Gasteiger partial charge in [-0.05, 0) is 42.8 Å². The first-order valence-electron chi connectivity index (χ1n) is 7.17. The number of nitrogens with one attached hydrogen (secondary N) is 2. The molecular weight excluding hydrogens is 331 g/mol. The van der Waals surface area contributed by atoms with Crippen LogP contribution in [0.25, 0.3) is 0 Å². The first kappa shape index (κ1) is 17.8. The molecule has 2 N–H and O–H groups in total. The minimum absolute atomic E-state index is 0.372. The van der Waals surface area contributed by atoms with Crippen LogP contribution in [0.3, 0.4) is 0 Å². The smallest absolute Gasteiger partial charge is 0.313 e. The van der Waals surface area contributed by atoms with E-state index in [4.69, 9.17) is 0 Å². The Kier molecular flexibility index (Phi) is 5.81. The summed E-state index contributed by atoms with van der Waals surface area (Å²) in [5.74, 6) is -2.01. The van der Waals surface area contributed by atoms with Crippen molar-refractivity contribution in [2.24, 2.45) is 0 Å². The summed E-state index contributed by atoms with van der Waals surface area (Å²) in [7, 11) is -1.18. The van der Waals surface area contributed by atoms with Gasteiger partial charge in [0.25, 0.3) is 0 Å². The Labute approximate surface area is 141 Å². The van der Waals surface area contributed by atoms with Crippen molar-refractivity contribution >= 4 is 28.3 Å². The van der Waals surface area contributed by atoms with E-state index in [1.54, 1.807) is 31.2 Å². The highest BCUT2D eigenvalue weighted by atomic mass is 32.2. The summed E-state index contributed by atoms with van der Waals surface area (Å²) in [5, 5.41) is 5.00. The van der Waals surface area contributed by atoms with Gasteiger partial charge in [-0.1, -0.05) is 18.2 Å². The largest absolute Gasteiger partial charge is 0.341 e. The Morgan fingerprint density at radius 2 is 1.75 bits per heavy atom. The molecule has 2 atom stereocenters. The average molecular weight is 348 g/mol. The molecule has 0 spiro atoms. The second-order valence-electron chi connectivity index (χ2n) is 5.18. The van der Waals surface area contributed by atoms with E-state index in [1.165, 1.54) is 30.5 Å². The summed E-state index contributed by atoms with van der Waals surface area (Å²) < 4.78 is 24.3. The summed E-state index contributed by atoms with van der Waals surface area (Å²) in [6.07, 6.45) is 1.53. The zero-order chi connectivity index (χ0) is 17.7. The molecule has 0 unspecified atom stereocenters. The molecule has 24 heavy (non-hydrogen) atoms. The van der Waals surface area contributed by atoms with Crippen LogP contribution >= 0.6 is 0 Å². The van der Waals surface area contributed by atoms with E-state index in [-0.39, 0.29) is 5.82 Å². The van der Waals surface area contributed by atoms with Crippen molar-refractivity contribution in [2.45, 2.75) is 17.9 Å². The molecule has 0 aliphatic heterocycles. The summed E-state index contributed by atoms with van der Waals surface area (Å²) >= 11 is 0. The van der Waals surface area contributed by atoms with E-state index in [0.717, 1.165) is 0 Å². The number of hydrogen-bond acceptors (Lipinski definition) is 3. The molecule has 0 bridgehead atoms. The number of benzene rings is 2. The van der Waals surface area contributed by atoms with Crippen molar-refractivity contribution in [3.05, 3.63) is 59.9 Å². The highest BCUT2D eigenvalue weighted by Crippen LogP contribution is 2.14. The third-order valence-corrected chi connectivity index (χ3v) is 4.27. The van der Waals surface area contributed by atoms with E-state index in [1.807, 2.05) is 0 Å². The standard InChI is InChI=1S/C17H17FN2O3S/c1-11(12-6-8-13(18)9-7-12)19-16(21)17(22)20-14-4-3-5-15(10-14)24(2)23/h3-11H,1-2H3,(H,19,21)(H,20,22)/t11-,24+/m1/s1. The lowest BCUT2D eigenvalue weighted by molar-refractivity contribution is -0.136. The van der Waals surface area contributed by atoms with Gasteiger partial charge in [0.1, 0.15) is 5.82 Å². The monoisotopic (exact) mass is 348 g/mol. The number of anilines is 1. The fourth-order valence-corrected chi connectivity index (χ4v) is 2.60. The molecule has 0 aliphatic carbocycles. The number of halogens is 1. The van der Waals surface area contributed by atoms with Crippen molar-refractivity contribution in [1.82, 2.24) is 5.32 Å². The predicted octanol–water partition coefficient (Wildman–Crippen LogP) is 2.38.